The van der Waals surface area contributed by atoms with Gasteiger partial charge in [-0.05, 0) is 65.9 Å². The predicted molar refractivity (Wildman–Crippen MR) is 144 cm³/mol. The normalized spacial score (nSPS) is 11.8. The van der Waals surface area contributed by atoms with Gasteiger partial charge < -0.3 is 5.32 Å². The first kappa shape index (κ1) is 22.3. The van der Waals surface area contributed by atoms with Crippen molar-refractivity contribution in [1.82, 2.24) is 0 Å². The van der Waals surface area contributed by atoms with E-state index < -0.39 is 7.26 Å². The Morgan fingerprint density at radius 1 is 0.594 bits per heavy atom. The molecule has 4 aromatic rings. The molecule has 0 heterocycles. The number of nitrogens with one attached hydrogen (secondary N) is 1. The minimum atomic E-state index is -1.80. The molecule has 0 amide bonds. The lowest BCUT2D eigenvalue weighted by atomic mass is 9.82. The Balaban J connectivity index is 1.80. The summed E-state index contributed by atoms with van der Waals surface area (Å²) in [6.45, 7) is 4.77. The summed E-state index contributed by atoms with van der Waals surface area (Å²) in [5.74, 6) is 0. The molecule has 0 saturated heterocycles. The molecule has 0 aliphatic rings. The number of anilines is 1. The van der Waals surface area contributed by atoms with Crippen LogP contribution in [0, 0.1) is 0 Å². The number of hydrogen-bond acceptors (Lipinski definition) is 1. The molecule has 0 aliphatic carbocycles. The fourth-order valence-electron chi connectivity index (χ4n) is 4.56. The highest BCUT2D eigenvalue weighted by Crippen LogP contribution is 2.57. The van der Waals surface area contributed by atoms with Gasteiger partial charge in [-0.1, -0.05) is 80.6 Å². The van der Waals surface area contributed by atoms with Crippen LogP contribution >= 0.6 is 7.26 Å². The topological polar surface area (TPSA) is 12.0 Å². The SMILES string of the molecule is CNc1ccc(C(C)(C)CC[P+](c2ccccc2)(c2ccccc2)c2ccccc2)cc1. The van der Waals surface area contributed by atoms with E-state index in [-0.39, 0.29) is 5.41 Å². The molecule has 0 fully saturated rings. The van der Waals surface area contributed by atoms with Gasteiger partial charge in [0.15, 0.2) is 0 Å². The van der Waals surface area contributed by atoms with Crippen molar-refractivity contribution >= 4 is 28.9 Å². The third-order valence-corrected chi connectivity index (χ3v) is 11.1. The average molecular weight is 439 g/mol. The van der Waals surface area contributed by atoms with Crippen molar-refractivity contribution in [2.75, 3.05) is 18.5 Å². The van der Waals surface area contributed by atoms with Gasteiger partial charge in [0.1, 0.15) is 23.2 Å². The number of benzene rings is 4. The second-order valence-electron chi connectivity index (χ2n) is 9.00. The largest absolute Gasteiger partial charge is 0.388 e. The Hall–Kier alpha value is -2.89. The van der Waals surface area contributed by atoms with E-state index in [4.69, 9.17) is 0 Å². The number of rotatable bonds is 8. The van der Waals surface area contributed by atoms with E-state index in [1.165, 1.54) is 21.5 Å². The quantitative estimate of drug-likeness (QED) is 0.314. The lowest BCUT2D eigenvalue weighted by Crippen LogP contribution is -2.35. The van der Waals surface area contributed by atoms with E-state index in [0.717, 1.165) is 18.3 Å². The van der Waals surface area contributed by atoms with Crippen LogP contribution in [0.15, 0.2) is 115 Å². The Morgan fingerprint density at radius 2 is 1.00 bits per heavy atom. The van der Waals surface area contributed by atoms with E-state index in [1.54, 1.807) is 0 Å². The van der Waals surface area contributed by atoms with Gasteiger partial charge >= 0.3 is 0 Å². The maximum absolute atomic E-state index is 3.23. The minimum Gasteiger partial charge on any atom is -0.388 e. The minimum absolute atomic E-state index is 0.0792. The molecule has 0 spiro atoms. The Labute approximate surface area is 193 Å². The van der Waals surface area contributed by atoms with E-state index >= 15 is 0 Å². The van der Waals surface area contributed by atoms with Gasteiger partial charge in [0, 0.05) is 12.7 Å². The standard InChI is InChI=1S/C30H33NP/c1-30(2,25-19-21-26(31-3)22-20-25)23-24-32(27-13-7-4-8-14-27,28-15-9-5-10-16-28)29-17-11-6-12-18-29/h4-22,31H,23-24H2,1-3H3/q+1. The Bertz CT molecular complexity index is 1010. The Morgan fingerprint density at radius 3 is 1.38 bits per heavy atom. The van der Waals surface area contributed by atoms with Gasteiger partial charge in [0.2, 0.25) is 0 Å². The second-order valence-corrected chi connectivity index (χ2v) is 12.6. The van der Waals surface area contributed by atoms with Crippen LogP contribution in [0.25, 0.3) is 0 Å². The molecule has 4 aromatic carbocycles. The summed E-state index contributed by atoms with van der Waals surface area (Å²) in [5.41, 5.74) is 2.63. The van der Waals surface area contributed by atoms with Gasteiger partial charge in [0.25, 0.3) is 0 Å². The van der Waals surface area contributed by atoms with Crippen LogP contribution in [-0.2, 0) is 5.41 Å². The van der Waals surface area contributed by atoms with Crippen molar-refractivity contribution in [3.8, 4) is 0 Å². The molecule has 0 atom stereocenters. The van der Waals surface area contributed by atoms with Gasteiger partial charge in [0.05, 0.1) is 6.16 Å². The molecule has 1 N–H and O–H groups in total. The molecule has 0 radical (unpaired) electrons. The maximum Gasteiger partial charge on any atom is 0.112 e. The summed E-state index contributed by atoms with van der Waals surface area (Å²) < 4.78 is 0. The lowest BCUT2D eigenvalue weighted by Gasteiger charge is -2.32. The lowest BCUT2D eigenvalue weighted by molar-refractivity contribution is 0.509. The van der Waals surface area contributed by atoms with Gasteiger partial charge in [-0.15, -0.1) is 0 Å². The highest BCUT2D eigenvalue weighted by Gasteiger charge is 2.46. The Kier molecular flexibility index (Phi) is 6.77. The maximum atomic E-state index is 3.23. The molecule has 162 valence electrons. The molecule has 1 nitrogen and oxygen atoms in total. The molecule has 2 heteroatoms. The van der Waals surface area contributed by atoms with E-state index in [2.05, 4.69) is 134 Å². The smallest absolute Gasteiger partial charge is 0.112 e. The first-order chi connectivity index (χ1) is 15.6. The van der Waals surface area contributed by atoms with Crippen LogP contribution in [0.5, 0.6) is 0 Å². The van der Waals surface area contributed by atoms with Crippen LogP contribution in [0.2, 0.25) is 0 Å². The second kappa shape index (κ2) is 9.72. The highest BCUT2D eigenvalue weighted by molar-refractivity contribution is 7.95. The molecule has 0 unspecified atom stereocenters. The third-order valence-electron chi connectivity index (χ3n) is 6.62. The summed E-state index contributed by atoms with van der Waals surface area (Å²) in [6, 6.07) is 42.5. The molecule has 0 aliphatic heterocycles. The van der Waals surface area contributed by atoms with Crippen molar-refractivity contribution in [2.24, 2.45) is 0 Å². The molecule has 4 rings (SSSR count). The van der Waals surface area contributed by atoms with Gasteiger partial charge in [-0.3, -0.25) is 0 Å². The van der Waals surface area contributed by atoms with Crippen molar-refractivity contribution in [3.05, 3.63) is 121 Å². The summed E-state index contributed by atoms with van der Waals surface area (Å²) in [5, 5.41) is 7.60. The third kappa shape index (κ3) is 4.50. The summed E-state index contributed by atoms with van der Waals surface area (Å²) in [7, 11) is 0.173. The van der Waals surface area contributed by atoms with E-state index in [0.29, 0.717) is 0 Å². The molecular formula is C30H33NP+. The monoisotopic (exact) mass is 438 g/mol. The van der Waals surface area contributed by atoms with Crippen LogP contribution in [0.3, 0.4) is 0 Å². The average Bonchev–Trinajstić information content (AvgIpc) is 2.86. The summed E-state index contributed by atoms with van der Waals surface area (Å²) in [4.78, 5) is 0. The van der Waals surface area contributed by atoms with Gasteiger partial charge in [-0.25, -0.2) is 0 Å². The summed E-state index contributed by atoms with van der Waals surface area (Å²) in [6.07, 6.45) is 2.24. The van der Waals surface area contributed by atoms with Crippen molar-refractivity contribution in [2.45, 2.75) is 25.7 Å². The predicted octanol–water partition coefficient (Wildman–Crippen LogP) is 6.39. The van der Waals surface area contributed by atoms with Crippen LogP contribution in [-0.4, -0.2) is 13.2 Å². The molecular weight excluding hydrogens is 405 g/mol. The first-order valence-corrected chi connectivity index (χ1v) is 13.4. The van der Waals surface area contributed by atoms with Crippen LogP contribution < -0.4 is 21.2 Å². The van der Waals surface area contributed by atoms with Crippen molar-refractivity contribution < 1.29 is 0 Å². The zero-order valence-corrected chi connectivity index (χ0v) is 20.2. The van der Waals surface area contributed by atoms with Crippen molar-refractivity contribution in [3.63, 3.8) is 0 Å². The fourth-order valence-corrected chi connectivity index (χ4v) is 9.17. The fraction of sp³-hybridized carbons (Fsp3) is 0.200. The van der Waals surface area contributed by atoms with Crippen LogP contribution in [0.4, 0.5) is 5.69 Å². The van der Waals surface area contributed by atoms with Crippen molar-refractivity contribution in [1.29, 1.82) is 0 Å². The van der Waals surface area contributed by atoms with E-state index in [9.17, 15) is 0 Å². The first-order valence-electron chi connectivity index (χ1n) is 11.4. The molecule has 0 bridgehead atoms. The highest BCUT2D eigenvalue weighted by atomic mass is 31.2. The van der Waals surface area contributed by atoms with E-state index in [1.807, 2.05) is 7.05 Å². The van der Waals surface area contributed by atoms with Crippen LogP contribution in [0.1, 0.15) is 25.8 Å². The molecule has 0 aromatic heterocycles. The molecule has 32 heavy (non-hydrogen) atoms. The summed E-state index contributed by atoms with van der Waals surface area (Å²) >= 11 is 0. The zero-order chi connectivity index (χ0) is 22.4. The number of hydrogen-bond donors (Lipinski definition) is 1. The molecule has 0 saturated carbocycles. The van der Waals surface area contributed by atoms with Gasteiger partial charge in [-0.2, -0.15) is 0 Å². The zero-order valence-electron chi connectivity index (χ0n) is 19.3.